The van der Waals surface area contributed by atoms with Crippen LogP contribution in [0.15, 0.2) is 22.7 Å². The molecule has 0 spiro atoms. The number of carbonyl (C=O) groups excluding carboxylic acids is 1. The summed E-state index contributed by atoms with van der Waals surface area (Å²) in [4.78, 5) is 25.3. The number of rotatable bonds is 2. The molecule has 2 atom stereocenters. The number of aliphatic carboxylic acids is 1. The van der Waals surface area contributed by atoms with Gasteiger partial charge in [-0.1, -0.05) is 15.9 Å². The van der Waals surface area contributed by atoms with Crippen LogP contribution < -0.4 is 0 Å². The van der Waals surface area contributed by atoms with Gasteiger partial charge in [-0.05, 0) is 44.5 Å². The van der Waals surface area contributed by atoms with Crippen LogP contribution in [0.25, 0.3) is 0 Å². The summed E-state index contributed by atoms with van der Waals surface area (Å²) in [5.41, 5.74) is -0.0549. The van der Waals surface area contributed by atoms with E-state index in [9.17, 15) is 19.1 Å². The number of halogens is 2. The Hall–Kier alpha value is -1.43. The molecule has 1 aliphatic heterocycles. The van der Waals surface area contributed by atoms with Crippen LogP contribution in [0, 0.1) is 11.7 Å². The number of hydrogen-bond donors (Lipinski definition) is 1. The summed E-state index contributed by atoms with van der Waals surface area (Å²) in [6.45, 7) is 5.53. The number of carboxylic acid groups (broad SMARTS) is 1. The zero-order valence-electron chi connectivity index (χ0n) is 12.1. The topological polar surface area (TPSA) is 57.6 Å². The number of nitrogens with zero attached hydrogens (tertiary/aromatic N) is 1. The highest BCUT2D eigenvalue weighted by Gasteiger charge is 2.49. The van der Waals surface area contributed by atoms with Crippen molar-refractivity contribution in [1.82, 2.24) is 4.90 Å². The lowest BCUT2D eigenvalue weighted by Gasteiger charge is -2.38. The smallest absolute Gasteiger partial charge is 0.309 e. The van der Waals surface area contributed by atoms with Gasteiger partial charge in [-0.2, -0.15) is 0 Å². The van der Waals surface area contributed by atoms with Crippen LogP contribution in [-0.4, -0.2) is 27.4 Å². The van der Waals surface area contributed by atoms with Crippen molar-refractivity contribution < 1.29 is 19.1 Å². The van der Waals surface area contributed by atoms with Crippen molar-refractivity contribution >= 4 is 27.8 Å². The van der Waals surface area contributed by atoms with Crippen LogP contribution in [0.2, 0.25) is 0 Å². The minimum atomic E-state index is -1.05. The molecule has 0 saturated carbocycles. The van der Waals surface area contributed by atoms with Gasteiger partial charge in [-0.3, -0.25) is 9.59 Å². The van der Waals surface area contributed by atoms with Crippen LogP contribution in [0.4, 0.5) is 4.39 Å². The van der Waals surface area contributed by atoms with E-state index in [-0.39, 0.29) is 12.3 Å². The second-order valence-electron chi connectivity index (χ2n) is 6.19. The van der Waals surface area contributed by atoms with Crippen molar-refractivity contribution in [3.63, 3.8) is 0 Å². The summed E-state index contributed by atoms with van der Waals surface area (Å²) in [5, 5.41) is 9.42. The highest BCUT2D eigenvalue weighted by Crippen LogP contribution is 2.44. The molecule has 1 fully saturated rings. The predicted molar refractivity (Wildman–Crippen MR) is 79.2 cm³/mol. The molecule has 0 aromatic heterocycles. The lowest BCUT2D eigenvalue weighted by Crippen LogP contribution is -2.44. The molecule has 1 saturated heterocycles. The first-order valence-electron chi connectivity index (χ1n) is 6.63. The van der Waals surface area contributed by atoms with E-state index in [1.165, 1.54) is 18.2 Å². The van der Waals surface area contributed by atoms with Crippen molar-refractivity contribution in [1.29, 1.82) is 0 Å². The van der Waals surface area contributed by atoms with E-state index >= 15 is 0 Å². The zero-order valence-corrected chi connectivity index (χ0v) is 13.6. The highest BCUT2D eigenvalue weighted by atomic mass is 79.9. The highest BCUT2D eigenvalue weighted by molar-refractivity contribution is 9.10. The monoisotopic (exact) mass is 357 g/mol. The minimum absolute atomic E-state index is 0.0692. The fourth-order valence-corrected chi connectivity index (χ4v) is 3.33. The summed E-state index contributed by atoms with van der Waals surface area (Å²) >= 11 is 3.33. The van der Waals surface area contributed by atoms with Gasteiger partial charge in [-0.15, -0.1) is 0 Å². The van der Waals surface area contributed by atoms with Crippen molar-refractivity contribution in [3.8, 4) is 0 Å². The first-order chi connectivity index (χ1) is 9.62. The maximum Gasteiger partial charge on any atom is 0.309 e. The van der Waals surface area contributed by atoms with Gasteiger partial charge in [0.15, 0.2) is 0 Å². The molecular formula is C15H17BrFNO3. The Bertz CT molecular complexity index is 597. The number of amides is 1. The SMILES string of the molecule is CC(C)(C)N1C(=O)CC(C(=O)O)C1c1cc(F)ccc1Br. The van der Waals surface area contributed by atoms with E-state index in [2.05, 4.69) is 15.9 Å². The van der Waals surface area contributed by atoms with E-state index in [1.807, 2.05) is 20.8 Å². The van der Waals surface area contributed by atoms with E-state index < -0.39 is 29.3 Å². The lowest BCUT2D eigenvalue weighted by atomic mass is 9.91. The molecular weight excluding hydrogens is 341 g/mol. The van der Waals surface area contributed by atoms with E-state index in [0.717, 1.165) is 0 Å². The lowest BCUT2D eigenvalue weighted by molar-refractivity contribution is -0.142. The minimum Gasteiger partial charge on any atom is -0.481 e. The maximum absolute atomic E-state index is 13.6. The number of likely N-dealkylation sites (tertiary alicyclic amines) is 1. The van der Waals surface area contributed by atoms with Crippen LogP contribution in [0.3, 0.4) is 0 Å². The van der Waals surface area contributed by atoms with Crippen LogP contribution in [-0.2, 0) is 9.59 Å². The Labute approximate surface area is 131 Å². The van der Waals surface area contributed by atoms with Gasteiger partial charge in [0.25, 0.3) is 0 Å². The van der Waals surface area contributed by atoms with Gasteiger partial charge >= 0.3 is 5.97 Å². The number of hydrogen-bond acceptors (Lipinski definition) is 2. The number of carbonyl (C=O) groups is 2. The van der Waals surface area contributed by atoms with Gasteiger partial charge in [0.2, 0.25) is 5.91 Å². The molecule has 0 bridgehead atoms. The van der Waals surface area contributed by atoms with Crippen molar-refractivity contribution in [2.24, 2.45) is 5.92 Å². The molecule has 1 aromatic carbocycles. The van der Waals surface area contributed by atoms with Crippen molar-refractivity contribution in [2.45, 2.75) is 38.8 Å². The summed E-state index contributed by atoms with van der Waals surface area (Å²) in [5.74, 6) is -2.60. The molecule has 1 aliphatic rings. The van der Waals surface area contributed by atoms with Crippen LogP contribution >= 0.6 is 15.9 Å². The third-order valence-corrected chi connectivity index (χ3v) is 4.36. The molecule has 4 nitrogen and oxygen atoms in total. The van der Waals surface area contributed by atoms with E-state index in [0.29, 0.717) is 10.0 Å². The van der Waals surface area contributed by atoms with E-state index in [4.69, 9.17) is 0 Å². The fraction of sp³-hybridized carbons (Fsp3) is 0.467. The van der Waals surface area contributed by atoms with Crippen molar-refractivity contribution in [3.05, 3.63) is 34.1 Å². The van der Waals surface area contributed by atoms with Gasteiger partial charge in [0, 0.05) is 16.4 Å². The fourth-order valence-electron chi connectivity index (χ4n) is 2.84. The average molecular weight is 358 g/mol. The van der Waals surface area contributed by atoms with Gasteiger partial charge in [0.1, 0.15) is 5.82 Å². The third kappa shape index (κ3) is 2.95. The Morgan fingerprint density at radius 2 is 2.05 bits per heavy atom. The number of carboxylic acids is 1. The second-order valence-corrected chi connectivity index (χ2v) is 7.05. The predicted octanol–water partition coefficient (Wildman–Crippen LogP) is 3.36. The van der Waals surface area contributed by atoms with Crippen molar-refractivity contribution in [2.75, 3.05) is 0 Å². The quantitative estimate of drug-likeness (QED) is 0.882. The molecule has 1 heterocycles. The molecule has 1 N–H and O–H groups in total. The Balaban J connectivity index is 2.60. The standard InChI is InChI=1S/C15H17BrFNO3/c1-15(2,3)18-12(19)7-10(14(20)21)13(18)9-6-8(17)4-5-11(9)16/h4-6,10,13H,7H2,1-3H3,(H,20,21). The first kappa shape index (κ1) is 15.9. The van der Waals surface area contributed by atoms with Crippen LogP contribution in [0.5, 0.6) is 0 Å². The molecule has 114 valence electrons. The zero-order chi connectivity index (χ0) is 15.9. The maximum atomic E-state index is 13.6. The molecule has 0 aliphatic carbocycles. The summed E-state index contributed by atoms with van der Waals surface area (Å²) in [6, 6.07) is 3.44. The first-order valence-corrected chi connectivity index (χ1v) is 7.42. The largest absolute Gasteiger partial charge is 0.481 e. The molecule has 2 rings (SSSR count). The summed E-state index contributed by atoms with van der Waals surface area (Å²) in [6.07, 6.45) is -0.0692. The molecule has 6 heteroatoms. The van der Waals surface area contributed by atoms with Gasteiger partial charge < -0.3 is 10.0 Å². The molecule has 21 heavy (non-hydrogen) atoms. The average Bonchev–Trinajstić information content (AvgIpc) is 2.69. The van der Waals surface area contributed by atoms with Crippen LogP contribution in [0.1, 0.15) is 38.8 Å². The van der Waals surface area contributed by atoms with Gasteiger partial charge in [0.05, 0.1) is 12.0 Å². The number of benzene rings is 1. The van der Waals surface area contributed by atoms with Gasteiger partial charge in [-0.25, -0.2) is 4.39 Å². The normalized spacial score (nSPS) is 22.7. The third-order valence-electron chi connectivity index (χ3n) is 3.64. The van der Waals surface area contributed by atoms with E-state index in [1.54, 1.807) is 4.90 Å². The Morgan fingerprint density at radius 3 is 2.57 bits per heavy atom. The summed E-state index contributed by atoms with van der Waals surface area (Å²) in [7, 11) is 0. The summed E-state index contributed by atoms with van der Waals surface area (Å²) < 4.78 is 14.2. The molecule has 1 aromatic rings. The molecule has 0 radical (unpaired) electrons. The molecule has 1 amide bonds. The Morgan fingerprint density at radius 1 is 1.43 bits per heavy atom. The molecule has 2 unspecified atom stereocenters. The Kier molecular flexibility index (Phi) is 4.10. The second kappa shape index (κ2) is 5.40.